The molecule has 0 unspecified atom stereocenters. The largest absolute Gasteiger partial charge is 0.496 e. The highest BCUT2D eigenvalue weighted by atomic mass is 79.9. The molecular weight excluding hydrogens is 304 g/mol. The fourth-order valence-electron chi connectivity index (χ4n) is 2.17. The van der Waals surface area contributed by atoms with Crippen LogP contribution in [0.5, 0.6) is 5.75 Å². The lowest BCUT2D eigenvalue weighted by Crippen LogP contribution is -1.98. The second-order valence-corrected chi connectivity index (χ2v) is 5.22. The van der Waals surface area contributed by atoms with Gasteiger partial charge >= 0.3 is 0 Å². The minimum Gasteiger partial charge on any atom is -0.496 e. The first-order chi connectivity index (χ1) is 9.28. The van der Waals surface area contributed by atoms with Crippen molar-refractivity contribution in [3.8, 4) is 5.75 Å². The van der Waals surface area contributed by atoms with Crippen LogP contribution < -0.4 is 4.74 Å². The number of imidazole rings is 1. The third-order valence-corrected chi connectivity index (χ3v) is 3.58. The molecule has 0 amide bonds. The van der Waals surface area contributed by atoms with Gasteiger partial charge in [-0.3, -0.25) is 0 Å². The van der Waals surface area contributed by atoms with E-state index in [0.717, 1.165) is 33.5 Å². The highest BCUT2D eigenvalue weighted by Gasteiger charge is 2.08. The van der Waals surface area contributed by atoms with Gasteiger partial charge in [-0.15, -0.1) is 0 Å². The number of hydrogen-bond donors (Lipinski definition) is 0. The summed E-state index contributed by atoms with van der Waals surface area (Å²) in [4.78, 5) is 4.49. The maximum Gasteiger partial charge on any atom is 0.122 e. The van der Waals surface area contributed by atoms with Gasteiger partial charge in [0.25, 0.3) is 0 Å². The average Bonchev–Trinajstić information content (AvgIpc) is 2.82. The Morgan fingerprint density at radius 3 is 2.89 bits per heavy atom. The minimum atomic E-state index is 0.745. The van der Waals surface area contributed by atoms with Crippen molar-refractivity contribution in [1.82, 2.24) is 9.38 Å². The summed E-state index contributed by atoms with van der Waals surface area (Å²) in [6.07, 6.45) is 4.67. The third-order valence-electron chi connectivity index (χ3n) is 3.11. The normalized spacial score (nSPS) is 10.8. The van der Waals surface area contributed by atoms with E-state index in [-0.39, 0.29) is 0 Å². The van der Waals surface area contributed by atoms with E-state index >= 15 is 0 Å². The Hall–Kier alpha value is -1.81. The molecule has 0 N–H and O–H groups in total. The van der Waals surface area contributed by atoms with Crippen molar-refractivity contribution in [2.24, 2.45) is 0 Å². The number of halogens is 1. The molecular formula is C15H13BrN2O. The molecule has 0 saturated carbocycles. The van der Waals surface area contributed by atoms with Gasteiger partial charge in [-0.25, -0.2) is 4.98 Å². The van der Waals surface area contributed by atoms with Gasteiger partial charge in [0.15, 0.2) is 0 Å². The number of aromatic nitrogens is 2. The average molecular weight is 317 g/mol. The Morgan fingerprint density at radius 1 is 1.21 bits per heavy atom. The Bertz CT molecular complexity index is 721. The van der Waals surface area contributed by atoms with Gasteiger partial charge in [0.2, 0.25) is 0 Å². The molecule has 0 radical (unpaired) electrons. The van der Waals surface area contributed by atoms with Crippen molar-refractivity contribution in [3.05, 3.63) is 64.7 Å². The van der Waals surface area contributed by atoms with Crippen LogP contribution in [0.2, 0.25) is 0 Å². The lowest BCUT2D eigenvalue weighted by atomic mass is 10.1. The number of ether oxygens (including phenoxy) is 1. The Balaban J connectivity index is 2.03. The molecule has 19 heavy (non-hydrogen) atoms. The van der Waals surface area contributed by atoms with E-state index in [2.05, 4.69) is 31.4 Å². The summed E-state index contributed by atoms with van der Waals surface area (Å²) < 4.78 is 8.52. The molecule has 3 rings (SSSR count). The monoisotopic (exact) mass is 316 g/mol. The molecule has 0 aliphatic heterocycles. The van der Waals surface area contributed by atoms with Gasteiger partial charge in [-0.05, 0) is 34.1 Å². The lowest BCUT2D eigenvalue weighted by Gasteiger charge is -2.07. The fourth-order valence-corrected chi connectivity index (χ4v) is 2.50. The van der Waals surface area contributed by atoms with Crippen LogP contribution in [0.3, 0.4) is 0 Å². The summed E-state index contributed by atoms with van der Waals surface area (Å²) in [5.74, 6) is 1.90. The number of methoxy groups -OCH3 is 1. The van der Waals surface area contributed by atoms with Crippen molar-refractivity contribution in [2.45, 2.75) is 6.42 Å². The number of pyridine rings is 1. The fraction of sp³-hybridized carbons (Fsp3) is 0.133. The molecule has 1 aromatic carbocycles. The first-order valence-corrected chi connectivity index (χ1v) is 6.80. The van der Waals surface area contributed by atoms with Crippen molar-refractivity contribution in [1.29, 1.82) is 0 Å². The summed E-state index contributed by atoms with van der Waals surface area (Å²) in [6.45, 7) is 0. The van der Waals surface area contributed by atoms with Crippen molar-refractivity contribution < 1.29 is 4.74 Å². The zero-order chi connectivity index (χ0) is 13.2. The van der Waals surface area contributed by atoms with E-state index in [1.54, 1.807) is 7.11 Å². The summed E-state index contributed by atoms with van der Waals surface area (Å²) in [5.41, 5.74) is 2.23. The third kappa shape index (κ3) is 2.36. The molecule has 2 heterocycles. The van der Waals surface area contributed by atoms with Crippen LogP contribution in [0.25, 0.3) is 5.52 Å². The van der Waals surface area contributed by atoms with E-state index in [9.17, 15) is 0 Å². The second kappa shape index (κ2) is 5.05. The van der Waals surface area contributed by atoms with Crippen molar-refractivity contribution in [2.75, 3.05) is 7.11 Å². The van der Waals surface area contributed by atoms with E-state index in [4.69, 9.17) is 4.74 Å². The first kappa shape index (κ1) is 12.2. The highest BCUT2D eigenvalue weighted by molar-refractivity contribution is 9.10. The van der Waals surface area contributed by atoms with Crippen LogP contribution in [0, 0.1) is 0 Å². The number of para-hydroxylation sites is 1. The van der Waals surface area contributed by atoms with Gasteiger partial charge in [0.1, 0.15) is 11.6 Å². The molecule has 4 heteroatoms. The summed E-state index contributed by atoms with van der Waals surface area (Å²) >= 11 is 3.49. The van der Waals surface area contributed by atoms with Gasteiger partial charge in [0.05, 0.1) is 18.8 Å². The minimum absolute atomic E-state index is 0.745. The second-order valence-electron chi connectivity index (χ2n) is 4.31. The maximum absolute atomic E-state index is 5.38. The zero-order valence-corrected chi connectivity index (χ0v) is 12.1. The van der Waals surface area contributed by atoms with Crippen LogP contribution in [0.15, 0.2) is 53.3 Å². The van der Waals surface area contributed by atoms with Crippen molar-refractivity contribution >= 4 is 21.4 Å². The summed E-state index contributed by atoms with van der Waals surface area (Å²) in [7, 11) is 1.69. The molecule has 0 atom stereocenters. The van der Waals surface area contributed by atoms with Gasteiger partial charge in [0, 0.05) is 22.7 Å². The molecule has 0 spiro atoms. The molecule has 3 aromatic rings. The molecule has 0 aliphatic rings. The molecule has 2 aromatic heterocycles. The molecule has 0 fully saturated rings. The molecule has 0 aliphatic carbocycles. The predicted molar refractivity (Wildman–Crippen MR) is 78.7 cm³/mol. The number of rotatable bonds is 3. The van der Waals surface area contributed by atoms with Crippen LogP contribution in [-0.2, 0) is 6.42 Å². The van der Waals surface area contributed by atoms with E-state index in [0.29, 0.717) is 0 Å². The summed E-state index contributed by atoms with van der Waals surface area (Å²) in [6, 6.07) is 12.1. The number of fused-ring (bicyclic) bond motifs is 1. The SMILES string of the molecule is COc1ccccc1Cc1ncc2ccc(Br)cn12. The predicted octanol–water partition coefficient (Wildman–Crippen LogP) is 3.70. The lowest BCUT2D eigenvalue weighted by molar-refractivity contribution is 0.410. The molecule has 3 nitrogen and oxygen atoms in total. The van der Waals surface area contributed by atoms with E-state index in [1.807, 2.05) is 42.7 Å². The maximum atomic E-state index is 5.38. The van der Waals surface area contributed by atoms with Crippen LogP contribution in [-0.4, -0.2) is 16.5 Å². The topological polar surface area (TPSA) is 26.5 Å². The Morgan fingerprint density at radius 2 is 2.05 bits per heavy atom. The molecule has 0 saturated heterocycles. The number of nitrogens with zero attached hydrogens (tertiary/aromatic N) is 2. The van der Waals surface area contributed by atoms with Gasteiger partial charge in [-0.1, -0.05) is 18.2 Å². The van der Waals surface area contributed by atoms with Gasteiger partial charge in [-0.2, -0.15) is 0 Å². The first-order valence-electron chi connectivity index (χ1n) is 6.01. The van der Waals surface area contributed by atoms with Crippen molar-refractivity contribution in [3.63, 3.8) is 0 Å². The van der Waals surface area contributed by atoms with E-state index in [1.165, 1.54) is 0 Å². The summed E-state index contributed by atoms with van der Waals surface area (Å²) in [5, 5.41) is 0. The highest BCUT2D eigenvalue weighted by Crippen LogP contribution is 2.22. The van der Waals surface area contributed by atoms with Crippen LogP contribution in [0.4, 0.5) is 0 Å². The number of hydrogen-bond acceptors (Lipinski definition) is 2. The quantitative estimate of drug-likeness (QED) is 0.736. The van der Waals surface area contributed by atoms with E-state index < -0.39 is 0 Å². The number of benzene rings is 1. The van der Waals surface area contributed by atoms with Gasteiger partial charge < -0.3 is 9.14 Å². The van der Waals surface area contributed by atoms with Crippen LogP contribution >= 0.6 is 15.9 Å². The zero-order valence-electron chi connectivity index (χ0n) is 10.5. The standard InChI is InChI=1S/C15H13BrN2O/c1-19-14-5-3-2-4-11(14)8-15-17-9-13-7-6-12(16)10-18(13)15/h2-7,9-10H,8H2,1H3. The Labute approximate surface area is 120 Å². The molecule has 96 valence electrons. The van der Waals surface area contributed by atoms with Crippen LogP contribution in [0.1, 0.15) is 11.4 Å². The smallest absolute Gasteiger partial charge is 0.122 e. The Kier molecular flexibility index (Phi) is 3.25. The molecule has 0 bridgehead atoms.